The minimum Gasteiger partial charge on any atom is -0.109 e. The fourth-order valence-corrected chi connectivity index (χ4v) is 0.934. The van der Waals surface area contributed by atoms with Crippen molar-refractivity contribution in [2.24, 2.45) is 0 Å². The minimum atomic E-state index is 0.632. The molecule has 0 aliphatic carbocycles. The summed E-state index contributed by atoms with van der Waals surface area (Å²) in [5.74, 6) is 2.44. The normalized spacial score (nSPS) is 9.56. The molecular formula is C7H4Cl2. The van der Waals surface area contributed by atoms with E-state index in [1.807, 2.05) is 12.1 Å². The van der Waals surface area contributed by atoms with Crippen molar-refractivity contribution in [3.8, 4) is 0 Å². The third-order valence-corrected chi connectivity index (χ3v) is 1.51. The second-order valence-electron chi connectivity index (χ2n) is 1.57. The van der Waals surface area contributed by atoms with Crippen molar-refractivity contribution in [2.75, 3.05) is 0 Å². The molecule has 0 saturated carbocycles. The van der Waals surface area contributed by atoms with E-state index in [0.29, 0.717) is 5.02 Å². The zero-order valence-corrected chi connectivity index (χ0v) is 6.08. The van der Waals surface area contributed by atoms with Crippen LogP contribution in [0.4, 0.5) is 0 Å². The van der Waals surface area contributed by atoms with Crippen LogP contribution in [0.25, 0.3) is 0 Å². The molecule has 9 heavy (non-hydrogen) atoms. The van der Waals surface area contributed by atoms with Crippen LogP contribution >= 0.6 is 23.2 Å². The second-order valence-corrected chi connectivity index (χ2v) is 2.17. The van der Waals surface area contributed by atoms with Gasteiger partial charge in [0, 0.05) is 5.02 Å². The molecule has 0 aliphatic rings. The van der Waals surface area contributed by atoms with Crippen LogP contribution in [0.1, 0.15) is 5.56 Å². The van der Waals surface area contributed by atoms with Crippen LogP contribution in [0.15, 0.2) is 24.3 Å². The Balaban J connectivity index is 3.01. The number of rotatable bonds is 1. The minimum absolute atomic E-state index is 0.632. The van der Waals surface area contributed by atoms with Gasteiger partial charge in [0.05, 0.1) is 0 Å². The summed E-state index contributed by atoms with van der Waals surface area (Å²) in [5, 5.41) is 0.632. The predicted octanol–water partition coefficient (Wildman–Crippen LogP) is 2.97. The summed E-state index contributed by atoms with van der Waals surface area (Å²) in [6, 6.07) is 7.28. The van der Waals surface area contributed by atoms with E-state index in [4.69, 9.17) is 23.2 Å². The van der Waals surface area contributed by atoms with Crippen molar-refractivity contribution in [1.82, 2.24) is 0 Å². The summed E-state index contributed by atoms with van der Waals surface area (Å²) in [6.45, 7) is 0. The molecule has 0 unspecified atom stereocenters. The molecule has 0 spiro atoms. The molecule has 46 valence electrons. The number of halogens is 2. The Hall–Kier alpha value is -0.200. The van der Waals surface area contributed by atoms with Crippen molar-refractivity contribution in [1.29, 1.82) is 0 Å². The molecule has 0 aromatic heterocycles. The Labute approximate surface area is 64.4 Å². The van der Waals surface area contributed by atoms with Gasteiger partial charge in [-0.15, -0.1) is 11.6 Å². The van der Waals surface area contributed by atoms with Crippen molar-refractivity contribution < 1.29 is 0 Å². The smallest absolute Gasteiger partial charge is 0.109 e. The maximum absolute atomic E-state index is 5.68. The Bertz CT molecular complexity index is 196. The summed E-state index contributed by atoms with van der Waals surface area (Å²) >= 11 is 11.0. The van der Waals surface area contributed by atoms with Crippen molar-refractivity contribution in [3.63, 3.8) is 0 Å². The first-order valence-electron chi connectivity index (χ1n) is 2.46. The van der Waals surface area contributed by atoms with Crippen molar-refractivity contribution >= 4 is 23.2 Å². The molecule has 0 fully saturated rings. The highest BCUT2D eigenvalue weighted by Crippen LogP contribution is 2.17. The molecule has 1 aromatic carbocycles. The van der Waals surface area contributed by atoms with Crippen molar-refractivity contribution in [3.05, 3.63) is 40.7 Å². The molecule has 0 bridgehead atoms. The second kappa shape index (κ2) is 3.09. The van der Waals surface area contributed by atoms with Gasteiger partial charge in [0.1, 0.15) is 5.88 Å². The van der Waals surface area contributed by atoms with Crippen LogP contribution in [0.2, 0.25) is 5.02 Å². The SMILES string of the molecule is Cl[C]c1ccccc1Cl. The van der Waals surface area contributed by atoms with Gasteiger partial charge in [-0.05, 0) is 11.6 Å². The number of hydrogen-bond acceptors (Lipinski definition) is 0. The third-order valence-electron chi connectivity index (χ3n) is 0.976. The van der Waals surface area contributed by atoms with E-state index in [9.17, 15) is 0 Å². The molecule has 0 atom stereocenters. The number of hydrogen-bond donors (Lipinski definition) is 0. The van der Waals surface area contributed by atoms with Crippen LogP contribution in [0.5, 0.6) is 0 Å². The standard InChI is InChI=1S/C7H4Cl2/c8-5-6-3-1-2-4-7(6)9/h1-4H. The Morgan fingerprint density at radius 3 is 2.33 bits per heavy atom. The molecule has 0 heterocycles. The Morgan fingerprint density at radius 2 is 1.89 bits per heavy atom. The van der Waals surface area contributed by atoms with Crippen LogP contribution in [-0.2, 0) is 0 Å². The highest BCUT2D eigenvalue weighted by molar-refractivity contribution is 6.33. The maximum Gasteiger partial charge on any atom is 0.122 e. The van der Waals surface area contributed by atoms with Crippen LogP contribution < -0.4 is 0 Å². The van der Waals surface area contributed by atoms with Gasteiger partial charge in [0.2, 0.25) is 0 Å². The molecule has 0 aliphatic heterocycles. The highest BCUT2D eigenvalue weighted by Gasteiger charge is 1.94. The molecule has 2 heteroatoms. The quantitative estimate of drug-likeness (QED) is 0.590. The van der Waals surface area contributed by atoms with Gasteiger partial charge in [-0.1, -0.05) is 29.8 Å². The lowest BCUT2D eigenvalue weighted by Gasteiger charge is -1.93. The van der Waals surface area contributed by atoms with Crippen molar-refractivity contribution in [2.45, 2.75) is 0 Å². The predicted molar refractivity (Wildman–Crippen MR) is 39.7 cm³/mol. The van der Waals surface area contributed by atoms with E-state index in [2.05, 4.69) is 5.88 Å². The van der Waals surface area contributed by atoms with Gasteiger partial charge in [-0.3, -0.25) is 0 Å². The topological polar surface area (TPSA) is 0 Å². The Kier molecular flexibility index (Phi) is 2.38. The maximum atomic E-state index is 5.68. The lowest BCUT2D eigenvalue weighted by Crippen LogP contribution is -1.73. The van der Waals surface area contributed by atoms with Gasteiger partial charge in [-0.2, -0.15) is 0 Å². The first-order chi connectivity index (χ1) is 4.34. The zero-order valence-electron chi connectivity index (χ0n) is 4.57. The summed E-state index contributed by atoms with van der Waals surface area (Å²) in [4.78, 5) is 0. The third kappa shape index (κ3) is 1.60. The van der Waals surface area contributed by atoms with E-state index in [1.54, 1.807) is 12.1 Å². The Morgan fingerprint density at radius 1 is 1.22 bits per heavy atom. The molecule has 0 N–H and O–H groups in total. The first-order valence-corrected chi connectivity index (χ1v) is 3.21. The highest BCUT2D eigenvalue weighted by atomic mass is 35.5. The average molecular weight is 159 g/mol. The first kappa shape index (κ1) is 6.91. The summed E-state index contributed by atoms with van der Waals surface area (Å²) < 4.78 is 0. The average Bonchev–Trinajstić information content (AvgIpc) is 1.89. The summed E-state index contributed by atoms with van der Waals surface area (Å²) in [6.07, 6.45) is 0. The monoisotopic (exact) mass is 158 g/mol. The van der Waals surface area contributed by atoms with E-state index < -0.39 is 0 Å². The lowest BCUT2D eigenvalue weighted by atomic mass is 10.2. The van der Waals surface area contributed by atoms with Gasteiger partial charge >= 0.3 is 0 Å². The molecular weight excluding hydrogens is 155 g/mol. The van der Waals surface area contributed by atoms with E-state index in [-0.39, 0.29) is 0 Å². The molecule has 1 rings (SSSR count). The molecule has 0 nitrogen and oxygen atoms in total. The summed E-state index contributed by atoms with van der Waals surface area (Å²) in [7, 11) is 0. The fourth-order valence-electron chi connectivity index (χ4n) is 0.538. The summed E-state index contributed by atoms with van der Waals surface area (Å²) in [5.41, 5.74) is 0.737. The van der Waals surface area contributed by atoms with Gasteiger partial charge in [0.25, 0.3) is 0 Å². The van der Waals surface area contributed by atoms with Gasteiger partial charge < -0.3 is 0 Å². The largest absolute Gasteiger partial charge is 0.122 e. The van der Waals surface area contributed by atoms with E-state index >= 15 is 0 Å². The van der Waals surface area contributed by atoms with E-state index in [1.165, 1.54) is 0 Å². The van der Waals surface area contributed by atoms with Crippen LogP contribution in [0.3, 0.4) is 0 Å². The lowest BCUT2D eigenvalue weighted by molar-refractivity contribution is 1.59. The van der Waals surface area contributed by atoms with Gasteiger partial charge in [0.15, 0.2) is 0 Å². The number of benzene rings is 1. The van der Waals surface area contributed by atoms with Gasteiger partial charge in [-0.25, -0.2) is 0 Å². The van der Waals surface area contributed by atoms with Crippen LogP contribution in [0, 0.1) is 5.88 Å². The molecule has 2 radical (unpaired) electrons. The molecule has 0 saturated heterocycles. The fraction of sp³-hybridized carbons (Fsp3) is 0. The molecule has 0 amide bonds. The van der Waals surface area contributed by atoms with E-state index in [0.717, 1.165) is 5.56 Å². The zero-order chi connectivity index (χ0) is 6.69. The van der Waals surface area contributed by atoms with Crippen LogP contribution in [-0.4, -0.2) is 0 Å². The molecule has 1 aromatic rings.